The molecule has 0 aromatic rings. The summed E-state index contributed by atoms with van der Waals surface area (Å²) in [6.07, 6.45) is -0.355. The zero-order valence-corrected chi connectivity index (χ0v) is 5.65. The first-order chi connectivity index (χ1) is 5.11. The first kappa shape index (κ1) is 10.0. The van der Waals surface area contributed by atoms with Gasteiger partial charge < -0.3 is 15.0 Å². The van der Waals surface area contributed by atoms with E-state index < -0.39 is 18.0 Å². The first-order valence-electron chi connectivity index (χ1n) is 2.67. The van der Waals surface area contributed by atoms with Gasteiger partial charge in [0, 0.05) is 0 Å². The third kappa shape index (κ3) is 3.67. The molecule has 0 saturated carbocycles. The molecule has 0 aliphatic carbocycles. The number of rotatable bonds is 3. The zero-order valence-electron chi connectivity index (χ0n) is 5.65. The van der Waals surface area contributed by atoms with Gasteiger partial charge in [0.2, 0.25) is 0 Å². The third-order valence-corrected chi connectivity index (χ3v) is 0.937. The lowest BCUT2D eigenvalue weighted by Gasteiger charge is -2.07. The molecule has 0 unspecified atom stereocenters. The molecule has 0 aliphatic heterocycles. The molecule has 0 fully saturated rings. The summed E-state index contributed by atoms with van der Waals surface area (Å²) in [4.78, 5) is 20.8. The lowest BCUT2D eigenvalue weighted by molar-refractivity contribution is -0.141. The van der Waals surface area contributed by atoms with Crippen molar-refractivity contribution in [2.75, 3.05) is 0 Å². The van der Waals surface area contributed by atoms with Crippen LogP contribution in [0.2, 0.25) is 0 Å². The minimum Gasteiger partial charge on any atom is -0.543 e. The van der Waals surface area contributed by atoms with E-state index in [2.05, 4.69) is 25.4 Å². The zero-order chi connectivity index (χ0) is 8.85. The second kappa shape index (κ2) is 4.79. The molecule has 0 rings (SSSR count). The van der Waals surface area contributed by atoms with E-state index in [1.807, 2.05) is 0 Å². The van der Waals surface area contributed by atoms with Gasteiger partial charge in [-0.3, -0.25) is 9.59 Å². The monoisotopic (exact) mass is 153 g/mol. The van der Waals surface area contributed by atoms with Crippen LogP contribution in [0.3, 0.4) is 0 Å². The summed E-state index contributed by atoms with van der Waals surface area (Å²) in [6, 6.07) is -1.13. The molecule has 0 amide bonds. The van der Waals surface area contributed by atoms with E-state index in [1.54, 1.807) is 0 Å². The van der Waals surface area contributed by atoms with E-state index in [4.69, 9.17) is 5.73 Å². The van der Waals surface area contributed by atoms with Crippen LogP contribution in [-0.2, 0) is 18.9 Å². The molecule has 11 heavy (non-hydrogen) atoms. The molecule has 1 atom stereocenters. The van der Waals surface area contributed by atoms with Gasteiger partial charge in [-0.15, -0.1) is 0 Å². The van der Waals surface area contributed by atoms with Crippen molar-refractivity contribution in [1.82, 2.24) is 0 Å². The van der Waals surface area contributed by atoms with Crippen molar-refractivity contribution in [2.24, 2.45) is 5.73 Å². The highest BCUT2D eigenvalue weighted by Crippen LogP contribution is 1.92. The van der Waals surface area contributed by atoms with Crippen molar-refractivity contribution in [1.29, 1.82) is 0 Å². The standard InChI is InChI=1S/C4H5B2NO4/c5-10-3(8)1-2(7)4(9)11-6/h2H,1,7H2/t2-/m0/s1. The Balaban J connectivity index is 3.77. The Kier molecular flexibility index (Phi) is 4.36. The first-order valence-corrected chi connectivity index (χ1v) is 2.67. The maximum Gasteiger partial charge on any atom is 0.378 e. The number of carbonyl (C=O) groups excluding carboxylic acids is 2. The van der Waals surface area contributed by atoms with Crippen molar-refractivity contribution in [3.05, 3.63) is 0 Å². The fourth-order valence-electron chi connectivity index (χ4n) is 0.398. The van der Waals surface area contributed by atoms with Crippen molar-refractivity contribution < 1.29 is 18.9 Å². The van der Waals surface area contributed by atoms with E-state index in [0.29, 0.717) is 0 Å². The molecule has 0 bridgehead atoms. The Morgan fingerprint density at radius 1 is 1.36 bits per heavy atom. The van der Waals surface area contributed by atoms with E-state index in [1.165, 1.54) is 0 Å². The van der Waals surface area contributed by atoms with Gasteiger partial charge in [0.15, 0.2) is 0 Å². The summed E-state index contributed by atoms with van der Waals surface area (Å²) >= 11 is 0. The highest BCUT2D eigenvalue weighted by molar-refractivity contribution is 6.08. The minimum atomic E-state index is -1.13. The number of carbonyl (C=O) groups is 2. The Hall–Kier alpha value is -0.970. The summed E-state index contributed by atoms with van der Waals surface area (Å²) in [5, 5.41) is 0. The molecule has 0 aromatic carbocycles. The van der Waals surface area contributed by atoms with E-state index >= 15 is 0 Å². The van der Waals surface area contributed by atoms with Gasteiger partial charge in [-0.05, 0) is 0 Å². The van der Waals surface area contributed by atoms with Gasteiger partial charge in [0.05, 0.1) is 6.42 Å². The summed E-state index contributed by atoms with van der Waals surface area (Å²) in [6.45, 7) is 0. The lowest BCUT2D eigenvalue weighted by atomic mass is 10.2. The van der Waals surface area contributed by atoms with Crippen molar-refractivity contribution in [3.63, 3.8) is 0 Å². The fourth-order valence-corrected chi connectivity index (χ4v) is 0.398. The van der Waals surface area contributed by atoms with E-state index in [0.717, 1.165) is 0 Å². The molecule has 0 aromatic heterocycles. The quantitative estimate of drug-likeness (QED) is 0.472. The van der Waals surface area contributed by atoms with Gasteiger partial charge in [0.1, 0.15) is 6.04 Å². The molecule has 0 aliphatic rings. The second-order valence-electron chi connectivity index (χ2n) is 1.74. The van der Waals surface area contributed by atoms with Crippen molar-refractivity contribution >= 4 is 28.0 Å². The molecule has 7 heteroatoms. The van der Waals surface area contributed by atoms with Crippen LogP contribution in [-0.4, -0.2) is 34.1 Å². The smallest absolute Gasteiger partial charge is 0.378 e. The molecule has 56 valence electrons. The molecular formula is C4H5B2NO4. The molecule has 2 N–H and O–H groups in total. The molecule has 0 saturated heterocycles. The molecule has 0 spiro atoms. The summed E-state index contributed by atoms with van der Waals surface area (Å²) in [5.41, 5.74) is 5.09. The van der Waals surface area contributed by atoms with Crippen molar-refractivity contribution in [3.8, 4) is 0 Å². The van der Waals surface area contributed by atoms with Gasteiger partial charge in [0.25, 0.3) is 5.97 Å². The van der Waals surface area contributed by atoms with Crippen LogP contribution in [0.1, 0.15) is 6.42 Å². The van der Waals surface area contributed by atoms with Crippen LogP contribution in [0, 0.1) is 0 Å². The van der Waals surface area contributed by atoms with Gasteiger partial charge in [-0.2, -0.15) is 0 Å². The second-order valence-corrected chi connectivity index (χ2v) is 1.74. The van der Waals surface area contributed by atoms with Gasteiger partial charge in [-0.1, -0.05) is 0 Å². The molecule has 5 nitrogen and oxygen atoms in total. The Morgan fingerprint density at radius 3 is 2.27 bits per heavy atom. The van der Waals surface area contributed by atoms with Crippen LogP contribution in [0.5, 0.6) is 0 Å². The molecular weight excluding hydrogens is 148 g/mol. The van der Waals surface area contributed by atoms with Crippen LogP contribution in [0.4, 0.5) is 0 Å². The predicted molar refractivity (Wildman–Crippen MR) is 36.3 cm³/mol. The van der Waals surface area contributed by atoms with Crippen LogP contribution >= 0.6 is 0 Å². The van der Waals surface area contributed by atoms with Crippen LogP contribution < -0.4 is 5.73 Å². The van der Waals surface area contributed by atoms with Crippen LogP contribution in [0.25, 0.3) is 0 Å². The topological polar surface area (TPSA) is 78.6 Å². The van der Waals surface area contributed by atoms with Gasteiger partial charge in [-0.25, -0.2) is 0 Å². The maximum absolute atomic E-state index is 10.4. The average molecular weight is 153 g/mol. The van der Waals surface area contributed by atoms with Gasteiger partial charge >= 0.3 is 22.1 Å². The minimum absolute atomic E-state index is 0.355. The maximum atomic E-state index is 10.4. The number of hydrogen-bond acceptors (Lipinski definition) is 5. The molecule has 0 heterocycles. The Bertz CT molecular complexity index is 162. The number of nitrogens with two attached hydrogens (primary N) is 1. The Labute approximate surface area is 66.1 Å². The number of hydrogen-bond donors (Lipinski definition) is 1. The fraction of sp³-hybridized carbons (Fsp3) is 0.500. The highest BCUT2D eigenvalue weighted by atomic mass is 16.5. The highest BCUT2D eigenvalue weighted by Gasteiger charge is 2.16. The summed E-state index contributed by atoms with van der Waals surface area (Å²) in [7, 11) is 8.95. The van der Waals surface area contributed by atoms with E-state index in [9.17, 15) is 9.59 Å². The SMILES string of the molecule is [B]OC(=O)C[C@H](N)C(=O)O[B]. The predicted octanol–water partition coefficient (Wildman–Crippen LogP) is -2.04. The van der Waals surface area contributed by atoms with Crippen molar-refractivity contribution in [2.45, 2.75) is 12.5 Å². The molecule has 4 radical (unpaired) electrons. The summed E-state index contributed by atoms with van der Waals surface area (Å²) in [5.74, 6) is -1.70. The van der Waals surface area contributed by atoms with Crippen LogP contribution in [0.15, 0.2) is 0 Å². The lowest BCUT2D eigenvalue weighted by Crippen LogP contribution is -2.34. The largest absolute Gasteiger partial charge is 0.543 e. The third-order valence-electron chi connectivity index (χ3n) is 0.937. The average Bonchev–Trinajstić information content (AvgIpc) is 2.02. The Morgan fingerprint density at radius 2 is 1.91 bits per heavy atom. The van der Waals surface area contributed by atoms with E-state index in [-0.39, 0.29) is 6.42 Å². The normalized spacial score (nSPS) is 11.7. The summed E-state index contributed by atoms with van der Waals surface area (Å²) < 4.78 is 7.49.